The van der Waals surface area contributed by atoms with Gasteiger partial charge >= 0.3 is 0 Å². The van der Waals surface area contributed by atoms with Crippen molar-refractivity contribution in [2.75, 3.05) is 25.0 Å². The van der Waals surface area contributed by atoms with Gasteiger partial charge in [0.2, 0.25) is 5.91 Å². The number of nitrogens with one attached hydrogen (secondary N) is 2. The van der Waals surface area contributed by atoms with Crippen LogP contribution in [-0.4, -0.2) is 51.5 Å². The molecule has 0 bridgehead atoms. The first-order valence-corrected chi connectivity index (χ1v) is 12.0. The van der Waals surface area contributed by atoms with Gasteiger partial charge in [-0.2, -0.15) is 0 Å². The van der Waals surface area contributed by atoms with Crippen LogP contribution in [0.5, 0.6) is 0 Å². The maximum Gasteiger partial charge on any atom is 0.236 e. The number of aromatic amines is 1. The number of aromatic nitrogens is 3. The molecule has 1 fully saturated rings. The van der Waals surface area contributed by atoms with E-state index < -0.39 is 5.91 Å². The van der Waals surface area contributed by atoms with E-state index in [0.717, 1.165) is 49.1 Å². The lowest BCUT2D eigenvalue weighted by Crippen LogP contribution is -2.36. The number of hydrogen-bond donors (Lipinski definition) is 3. The van der Waals surface area contributed by atoms with Crippen molar-refractivity contribution in [3.05, 3.63) is 78.0 Å². The smallest absolute Gasteiger partial charge is 0.236 e. The molecule has 0 radical (unpaired) electrons. The SMILES string of the molecule is NC(=O)CNc1nc(-c2ccccc2)nc2[nH]c(COC3CCN(Cc4ccccc4)CC3)cc12. The largest absolute Gasteiger partial charge is 0.372 e. The molecule has 0 unspecified atom stereocenters. The number of benzene rings is 2. The summed E-state index contributed by atoms with van der Waals surface area (Å²) in [6, 6.07) is 22.3. The van der Waals surface area contributed by atoms with Crippen LogP contribution in [0.25, 0.3) is 22.4 Å². The molecule has 2 aromatic carbocycles. The first-order valence-electron chi connectivity index (χ1n) is 12.0. The van der Waals surface area contributed by atoms with Crippen molar-refractivity contribution < 1.29 is 9.53 Å². The number of ether oxygens (including phenoxy) is 1. The molecule has 1 saturated heterocycles. The molecular weight excluding hydrogens is 440 g/mol. The number of nitrogens with zero attached hydrogens (tertiary/aromatic N) is 3. The van der Waals surface area contributed by atoms with Crippen LogP contribution in [0.1, 0.15) is 24.1 Å². The quantitative estimate of drug-likeness (QED) is 0.344. The van der Waals surface area contributed by atoms with Gasteiger partial charge in [0, 0.05) is 30.9 Å². The molecule has 0 atom stereocenters. The van der Waals surface area contributed by atoms with E-state index in [2.05, 4.69) is 50.5 Å². The fraction of sp³-hybridized carbons (Fsp3) is 0.296. The number of nitrogens with two attached hydrogens (primary N) is 1. The van der Waals surface area contributed by atoms with Gasteiger partial charge in [0.15, 0.2) is 5.82 Å². The number of carbonyl (C=O) groups is 1. The monoisotopic (exact) mass is 470 g/mol. The molecule has 8 nitrogen and oxygen atoms in total. The van der Waals surface area contributed by atoms with Gasteiger partial charge in [-0.05, 0) is 24.5 Å². The van der Waals surface area contributed by atoms with E-state index in [4.69, 9.17) is 15.5 Å². The fourth-order valence-electron chi connectivity index (χ4n) is 4.45. The van der Waals surface area contributed by atoms with Crippen LogP contribution in [0.15, 0.2) is 66.7 Å². The normalized spacial score (nSPS) is 14.9. The molecule has 0 aliphatic carbocycles. The summed E-state index contributed by atoms with van der Waals surface area (Å²) in [5.74, 6) is 0.699. The van der Waals surface area contributed by atoms with Crippen molar-refractivity contribution in [3.8, 4) is 11.4 Å². The second kappa shape index (κ2) is 10.7. The lowest BCUT2D eigenvalue weighted by atomic mass is 10.1. The van der Waals surface area contributed by atoms with Crippen LogP contribution in [0, 0.1) is 0 Å². The molecule has 1 aliphatic heterocycles. The van der Waals surface area contributed by atoms with E-state index in [1.165, 1.54) is 5.56 Å². The van der Waals surface area contributed by atoms with Gasteiger partial charge in [0.05, 0.1) is 24.6 Å². The summed E-state index contributed by atoms with van der Waals surface area (Å²) in [7, 11) is 0. The average molecular weight is 471 g/mol. The number of primary amides is 1. The summed E-state index contributed by atoms with van der Waals surface area (Å²) < 4.78 is 6.25. The minimum absolute atomic E-state index is 0.00108. The van der Waals surface area contributed by atoms with Crippen LogP contribution in [0.2, 0.25) is 0 Å². The molecule has 35 heavy (non-hydrogen) atoms. The molecule has 4 aromatic rings. The Morgan fingerprint density at radius 3 is 2.49 bits per heavy atom. The number of carbonyl (C=O) groups excluding carboxylic acids is 1. The van der Waals surface area contributed by atoms with Crippen molar-refractivity contribution >= 4 is 22.8 Å². The minimum Gasteiger partial charge on any atom is -0.372 e. The zero-order valence-corrected chi connectivity index (χ0v) is 19.6. The van der Waals surface area contributed by atoms with Crippen LogP contribution >= 0.6 is 0 Å². The number of amides is 1. The number of H-pyrrole nitrogens is 1. The Morgan fingerprint density at radius 1 is 1.06 bits per heavy atom. The van der Waals surface area contributed by atoms with Gasteiger partial charge in [0.1, 0.15) is 11.5 Å². The lowest BCUT2D eigenvalue weighted by Gasteiger charge is -2.31. The molecule has 3 heterocycles. The summed E-state index contributed by atoms with van der Waals surface area (Å²) in [6.45, 7) is 3.51. The maximum absolute atomic E-state index is 11.4. The first kappa shape index (κ1) is 23.0. The molecule has 1 aliphatic rings. The van der Waals surface area contributed by atoms with Crippen LogP contribution < -0.4 is 11.1 Å². The van der Waals surface area contributed by atoms with Crippen molar-refractivity contribution in [1.82, 2.24) is 19.9 Å². The molecule has 4 N–H and O–H groups in total. The Kier molecular flexibility index (Phi) is 7.02. The third-order valence-corrected chi connectivity index (χ3v) is 6.26. The topological polar surface area (TPSA) is 109 Å². The highest BCUT2D eigenvalue weighted by Crippen LogP contribution is 2.26. The minimum atomic E-state index is -0.448. The molecule has 8 heteroatoms. The number of piperidine rings is 1. The standard InChI is InChI=1S/C27H30N6O2/c28-24(34)16-29-26-23-15-21(30-27(23)32-25(31-26)20-9-5-2-6-10-20)18-35-22-11-13-33(14-12-22)17-19-7-3-1-4-8-19/h1-10,15,22H,11-14,16-18H2,(H2,28,34)(H2,29,30,31,32). The molecule has 180 valence electrons. The zero-order chi connectivity index (χ0) is 24.0. The van der Waals surface area contributed by atoms with Crippen molar-refractivity contribution in [3.63, 3.8) is 0 Å². The third kappa shape index (κ3) is 5.85. The van der Waals surface area contributed by atoms with Gasteiger partial charge in [-0.1, -0.05) is 60.7 Å². The average Bonchev–Trinajstić information content (AvgIpc) is 3.31. The zero-order valence-electron chi connectivity index (χ0n) is 19.6. The Hall–Kier alpha value is -3.75. The summed E-state index contributed by atoms with van der Waals surface area (Å²) >= 11 is 0. The van der Waals surface area contributed by atoms with E-state index in [0.29, 0.717) is 23.9 Å². The van der Waals surface area contributed by atoms with Crippen molar-refractivity contribution in [1.29, 1.82) is 0 Å². The van der Waals surface area contributed by atoms with Crippen LogP contribution in [0.4, 0.5) is 5.82 Å². The van der Waals surface area contributed by atoms with Crippen LogP contribution in [0.3, 0.4) is 0 Å². The van der Waals surface area contributed by atoms with Gasteiger partial charge < -0.3 is 20.8 Å². The predicted molar refractivity (Wildman–Crippen MR) is 137 cm³/mol. The second-order valence-electron chi connectivity index (χ2n) is 8.91. The number of rotatable bonds is 9. The van der Waals surface area contributed by atoms with E-state index in [9.17, 15) is 4.79 Å². The third-order valence-electron chi connectivity index (χ3n) is 6.26. The number of fused-ring (bicyclic) bond motifs is 1. The van der Waals surface area contributed by atoms with Crippen molar-refractivity contribution in [2.45, 2.75) is 32.1 Å². The Bertz CT molecular complexity index is 1270. The highest BCUT2D eigenvalue weighted by molar-refractivity contribution is 5.91. The lowest BCUT2D eigenvalue weighted by molar-refractivity contribution is -0.116. The number of likely N-dealkylation sites (tertiary alicyclic amines) is 1. The molecule has 1 amide bonds. The van der Waals surface area contributed by atoms with E-state index in [1.54, 1.807) is 0 Å². The predicted octanol–water partition coefficient (Wildman–Crippen LogP) is 3.70. The van der Waals surface area contributed by atoms with E-state index in [1.807, 2.05) is 36.4 Å². The molecule has 5 rings (SSSR count). The summed E-state index contributed by atoms with van der Waals surface area (Å²) in [6.07, 6.45) is 2.25. The van der Waals surface area contributed by atoms with Gasteiger partial charge in [-0.3, -0.25) is 9.69 Å². The highest BCUT2D eigenvalue weighted by atomic mass is 16.5. The summed E-state index contributed by atoms with van der Waals surface area (Å²) in [4.78, 5) is 26.6. The van der Waals surface area contributed by atoms with Gasteiger partial charge in [-0.15, -0.1) is 0 Å². The van der Waals surface area contributed by atoms with Crippen molar-refractivity contribution in [2.24, 2.45) is 5.73 Å². The summed E-state index contributed by atoms with van der Waals surface area (Å²) in [5, 5.41) is 3.86. The van der Waals surface area contributed by atoms with E-state index >= 15 is 0 Å². The van der Waals surface area contributed by atoms with Crippen LogP contribution in [-0.2, 0) is 22.7 Å². The molecular formula is C27H30N6O2. The number of hydrogen-bond acceptors (Lipinski definition) is 6. The first-order chi connectivity index (χ1) is 17.1. The van der Waals surface area contributed by atoms with E-state index in [-0.39, 0.29) is 12.6 Å². The second-order valence-corrected chi connectivity index (χ2v) is 8.91. The molecule has 0 spiro atoms. The maximum atomic E-state index is 11.4. The van der Waals surface area contributed by atoms with Gasteiger partial charge in [0.25, 0.3) is 0 Å². The Balaban J connectivity index is 1.25. The Morgan fingerprint density at radius 2 is 1.77 bits per heavy atom. The summed E-state index contributed by atoms with van der Waals surface area (Å²) in [5.41, 5.74) is 9.21. The fourth-order valence-corrected chi connectivity index (χ4v) is 4.45. The van der Waals surface area contributed by atoms with Gasteiger partial charge in [-0.25, -0.2) is 9.97 Å². The highest BCUT2D eigenvalue weighted by Gasteiger charge is 2.20. The Labute approximate surface area is 204 Å². The molecule has 0 saturated carbocycles. The molecule has 2 aromatic heterocycles. The number of anilines is 1.